The summed E-state index contributed by atoms with van der Waals surface area (Å²) in [5.41, 5.74) is 14.7. The molecule has 0 fully saturated rings. The Kier molecular flexibility index (Phi) is 5.36. The third-order valence-corrected chi connectivity index (χ3v) is 2.74. The Morgan fingerprint density at radius 2 is 2.12 bits per heavy atom. The molecule has 0 aliphatic carbocycles. The van der Waals surface area contributed by atoms with Crippen molar-refractivity contribution < 1.29 is 0 Å². The first-order valence-corrected chi connectivity index (χ1v) is 5.82. The van der Waals surface area contributed by atoms with Crippen molar-refractivity contribution in [1.29, 1.82) is 0 Å². The monoisotopic (exact) mass is 234 g/mol. The van der Waals surface area contributed by atoms with E-state index >= 15 is 0 Å². The first-order chi connectivity index (χ1) is 8.22. The summed E-state index contributed by atoms with van der Waals surface area (Å²) in [5, 5.41) is 3.08. The van der Waals surface area contributed by atoms with E-state index in [4.69, 9.17) is 11.5 Å². The molecule has 0 aliphatic heterocycles. The molecule has 5 N–H and O–H groups in total. The van der Waals surface area contributed by atoms with Crippen LogP contribution in [-0.2, 0) is 0 Å². The third-order valence-electron chi connectivity index (χ3n) is 2.74. The molecule has 0 saturated heterocycles. The van der Waals surface area contributed by atoms with Crippen LogP contribution < -0.4 is 21.7 Å². The van der Waals surface area contributed by atoms with Crippen LogP contribution in [0.25, 0.3) is 0 Å². The molecule has 0 saturated carbocycles. The molecule has 4 nitrogen and oxygen atoms in total. The standard InChI is InChI=1S/C13H22N4/c1-11-5-3-4-6-13(11)17(8-7-14)10-12(9-15)16-2/h3-6,9,16H,7-8,10,14-15H2,1-2H3/b12-9-. The van der Waals surface area contributed by atoms with E-state index in [2.05, 4.69) is 29.3 Å². The van der Waals surface area contributed by atoms with Crippen LogP contribution in [0.4, 0.5) is 5.69 Å². The lowest BCUT2D eigenvalue weighted by atomic mass is 10.1. The van der Waals surface area contributed by atoms with E-state index in [1.165, 1.54) is 11.3 Å². The molecule has 1 aromatic carbocycles. The topological polar surface area (TPSA) is 67.3 Å². The fraction of sp³-hybridized carbons (Fsp3) is 0.385. The summed E-state index contributed by atoms with van der Waals surface area (Å²) in [5.74, 6) is 0. The molecule has 0 aromatic heterocycles. The summed E-state index contributed by atoms with van der Waals surface area (Å²) in [6.07, 6.45) is 1.60. The summed E-state index contributed by atoms with van der Waals surface area (Å²) in [6.45, 7) is 4.28. The average Bonchev–Trinajstić information content (AvgIpc) is 2.35. The van der Waals surface area contributed by atoms with Crippen molar-refractivity contribution in [2.24, 2.45) is 11.5 Å². The van der Waals surface area contributed by atoms with Crippen LogP contribution in [0.15, 0.2) is 36.2 Å². The van der Waals surface area contributed by atoms with Gasteiger partial charge >= 0.3 is 0 Å². The highest BCUT2D eigenvalue weighted by molar-refractivity contribution is 5.53. The molecule has 0 radical (unpaired) electrons. The minimum absolute atomic E-state index is 0.621. The lowest BCUT2D eigenvalue weighted by Crippen LogP contribution is -2.34. The molecule has 0 unspecified atom stereocenters. The number of likely N-dealkylation sites (N-methyl/N-ethyl adjacent to an activating group) is 1. The maximum absolute atomic E-state index is 5.66. The van der Waals surface area contributed by atoms with Crippen molar-refractivity contribution in [2.75, 3.05) is 31.6 Å². The van der Waals surface area contributed by atoms with Gasteiger partial charge in [0.25, 0.3) is 0 Å². The molecule has 0 atom stereocenters. The van der Waals surface area contributed by atoms with Crippen molar-refractivity contribution in [3.63, 3.8) is 0 Å². The highest BCUT2D eigenvalue weighted by Gasteiger charge is 2.09. The number of nitrogens with zero attached hydrogens (tertiary/aromatic N) is 1. The first kappa shape index (κ1) is 13.4. The number of aryl methyl sites for hydroxylation is 1. The zero-order valence-corrected chi connectivity index (χ0v) is 10.6. The van der Waals surface area contributed by atoms with Crippen molar-refractivity contribution in [1.82, 2.24) is 5.32 Å². The Bertz CT molecular complexity index is 373. The smallest absolute Gasteiger partial charge is 0.0591 e. The molecule has 0 amide bonds. The van der Waals surface area contributed by atoms with Crippen molar-refractivity contribution in [3.8, 4) is 0 Å². The van der Waals surface area contributed by atoms with Gasteiger partial charge < -0.3 is 21.7 Å². The number of para-hydroxylation sites is 1. The summed E-state index contributed by atoms with van der Waals surface area (Å²) in [4.78, 5) is 2.23. The van der Waals surface area contributed by atoms with Gasteiger partial charge in [-0.2, -0.15) is 0 Å². The number of benzene rings is 1. The summed E-state index contributed by atoms with van der Waals surface area (Å²) >= 11 is 0. The zero-order valence-electron chi connectivity index (χ0n) is 10.6. The maximum Gasteiger partial charge on any atom is 0.0591 e. The third kappa shape index (κ3) is 3.67. The van der Waals surface area contributed by atoms with Gasteiger partial charge in [-0.05, 0) is 18.6 Å². The van der Waals surface area contributed by atoms with E-state index in [-0.39, 0.29) is 0 Å². The summed E-state index contributed by atoms with van der Waals surface area (Å²) in [7, 11) is 1.87. The normalized spacial score (nSPS) is 11.4. The van der Waals surface area contributed by atoms with Gasteiger partial charge in [0.2, 0.25) is 0 Å². The molecule has 94 valence electrons. The molecule has 17 heavy (non-hydrogen) atoms. The van der Waals surface area contributed by atoms with Gasteiger partial charge in [0.05, 0.1) is 6.54 Å². The molecule has 0 heterocycles. The van der Waals surface area contributed by atoms with Crippen LogP contribution in [-0.4, -0.2) is 26.7 Å². The number of anilines is 1. The predicted octanol–water partition coefficient (Wildman–Crippen LogP) is 0.780. The number of hydrogen-bond donors (Lipinski definition) is 3. The van der Waals surface area contributed by atoms with Gasteiger partial charge in [-0.15, -0.1) is 0 Å². The second kappa shape index (κ2) is 6.81. The minimum Gasteiger partial charge on any atom is -0.403 e. The molecular formula is C13H22N4. The molecule has 0 spiro atoms. The SMILES string of the molecule is CN/C(=C\N)CN(CCN)c1ccccc1C. The van der Waals surface area contributed by atoms with Crippen LogP contribution in [0.2, 0.25) is 0 Å². The second-order valence-corrected chi connectivity index (χ2v) is 3.94. The molecular weight excluding hydrogens is 212 g/mol. The number of nitrogens with one attached hydrogen (secondary N) is 1. The maximum atomic E-state index is 5.66. The quantitative estimate of drug-likeness (QED) is 0.680. The van der Waals surface area contributed by atoms with Crippen LogP contribution in [0.1, 0.15) is 5.56 Å². The van der Waals surface area contributed by atoms with Gasteiger partial charge in [-0.25, -0.2) is 0 Å². The summed E-state index contributed by atoms with van der Waals surface area (Å²) in [6, 6.07) is 8.28. The van der Waals surface area contributed by atoms with Crippen molar-refractivity contribution >= 4 is 5.69 Å². The predicted molar refractivity (Wildman–Crippen MR) is 73.8 cm³/mol. The lowest BCUT2D eigenvalue weighted by Gasteiger charge is -2.26. The Labute approximate surface area is 103 Å². The molecule has 1 aromatic rings. The van der Waals surface area contributed by atoms with E-state index < -0.39 is 0 Å². The zero-order chi connectivity index (χ0) is 12.7. The van der Waals surface area contributed by atoms with E-state index in [1.54, 1.807) is 6.20 Å². The molecule has 0 bridgehead atoms. The Balaban J connectivity index is 2.89. The van der Waals surface area contributed by atoms with E-state index in [0.29, 0.717) is 6.54 Å². The minimum atomic E-state index is 0.621. The molecule has 4 heteroatoms. The Hall–Kier alpha value is -1.68. The van der Waals surface area contributed by atoms with Gasteiger partial charge in [-0.1, -0.05) is 18.2 Å². The van der Waals surface area contributed by atoms with Gasteiger partial charge in [0.15, 0.2) is 0 Å². The Morgan fingerprint density at radius 1 is 1.41 bits per heavy atom. The van der Waals surface area contributed by atoms with Gasteiger partial charge in [0, 0.05) is 37.7 Å². The molecule has 0 aliphatic rings. The van der Waals surface area contributed by atoms with Crippen LogP contribution in [0, 0.1) is 6.92 Å². The number of rotatable bonds is 6. The summed E-state index contributed by atoms with van der Waals surface area (Å²) < 4.78 is 0. The second-order valence-electron chi connectivity index (χ2n) is 3.94. The van der Waals surface area contributed by atoms with Crippen LogP contribution >= 0.6 is 0 Å². The van der Waals surface area contributed by atoms with Crippen molar-refractivity contribution in [3.05, 3.63) is 41.7 Å². The fourth-order valence-corrected chi connectivity index (χ4v) is 1.78. The Morgan fingerprint density at radius 3 is 2.65 bits per heavy atom. The van der Waals surface area contributed by atoms with Crippen LogP contribution in [0.3, 0.4) is 0 Å². The number of hydrogen-bond acceptors (Lipinski definition) is 4. The lowest BCUT2D eigenvalue weighted by molar-refractivity contribution is 0.786. The number of nitrogens with two attached hydrogens (primary N) is 2. The largest absolute Gasteiger partial charge is 0.403 e. The van der Waals surface area contributed by atoms with E-state index in [9.17, 15) is 0 Å². The van der Waals surface area contributed by atoms with Crippen LogP contribution in [0.5, 0.6) is 0 Å². The fourth-order valence-electron chi connectivity index (χ4n) is 1.78. The van der Waals surface area contributed by atoms with Gasteiger partial charge in [-0.3, -0.25) is 0 Å². The first-order valence-electron chi connectivity index (χ1n) is 5.82. The van der Waals surface area contributed by atoms with Crippen molar-refractivity contribution in [2.45, 2.75) is 6.92 Å². The highest BCUT2D eigenvalue weighted by Crippen LogP contribution is 2.19. The molecule has 1 rings (SSSR count). The van der Waals surface area contributed by atoms with E-state index in [1.807, 2.05) is 19.2 Å². The van der Waals surface area contributed by atoms with Gasteiger partial charge in [0.1, 0.15) is 0 Å². The average molecular weight is 234 g/mol. The van der Waals surface area contributed by atoms with E-state index in [0.717, 1.165) is 18.8 Å². The highest BCUT2D eigenvalue weighted by atomic mass is 15.2.